The van der Waals surface area contributed by atoms with E-state index in [1.54, 1.807) is 17.4 Å². The average molecular weight is 356 g/mol. The molecule has 0 bridgehead atoms. The van der Waals surface area contributed by atoms with Crippen LogP contribution in [-0.4, -0.2) is 11.5 Å². The number of nitro groups is 1. The lowest BCUT2D eigenvalue weighted by Gasteiger charge is -2.09. The summed E-state index contributed by atoms with van der Waals surface area (Å²) in [4.78, 5) is 11.7. The monoisotopic (exact) mass is 355 g/mol. The zero-order valence-corrected chi connectivity index (χ0v) is 13.3. The Morgan fingerprint density at radius 2 is 1.95 bits per heavy atom. The van der Waals surface area contributed by atoms with Gasteiger partial charge in [0.2, 0.25) is 0 Å². The third-order valence-electron chi connectivity index (χ3n) is 2.60. The van der Waals surface area contributed by atoms with E-state index in [0.717, 1.165) is 27.3 Å². The Morgan fingerprint density at radius 3 is 2.50 bits per heavy atom. The summed E-state index contributed by atoms with van der Waals surface area (Å²) in [5, 5.41) is 19.3. The first-order chi connectivity index (χ1) is 9.58. The maximum Gasteiger partial charge on any atom is 0.273 e. The van der Waals surface area contributed by atoms with Gasteiger partial charge in [0.1, 0.15) is 0 Å². The quantitative estimate of drug-likeness (QED) is 0.592. The molecule has 1 heterocycles. The standard InChI is InChI=1S/C13H14BrN3O2S/c1-2-15-10-4-11(6-12(5-10)17(18)19)16-7-13-3-9(14)8-20-13/h3-6,8,15-16H,2,7H2,1H3. The van der Waals surface area contributed by atoms with E-state index >= 15 is 0 Å². The fourth-order valence-electron chi connectivity index (χ4n) is 1.76. The van der Waals surface area contributed by atoms with Crippen molar-refractivity contribution in [1.29, 1.82) is 0 Å². The van der Waals surface area contributed by atoms with E-state index in [4.69, 9.17) is 0 Å². The molecule has 2 N–H and O–H groups in total. The van der Waals surface area contributed by atoms with Crippen LogP contribution in [0.2, 0.25) is 0 Å². The van der Waals surface area contributed by atoms with E-state index in [0.29, 0.717) is 6.54 Å². The fraction of sp³-hybridized carbons (Fsp3) is 0.231. The summed E-state index contributed by atoms with van der Waals surface area (Å²) in [6, 6.07) is 6.99. The Labute approximate surface area is 129 Å². The Bertz CT molecular complexity index is 615. The molecule has 1 aromatic carbocycles. The van der Waals surface area contributed by atoms with Crippen LogP contribution in [-0.2, 0) is 6.54 Å². The van der Waals surface area contributed by atoms with E-state index in [-0.39, 0.29) is 10.6 Å². The van der Waals surface area contributed by atoms with Crippen molar-refractivity contribution in [2.45, 2.75) is 13.5 Å². The second kappa shape index (κ2) is 6.71. The van der Waals surface area contributed by atoms with Crippen molar-refractivity contribution in [2.75, 3.05) is 17.2 Å². The third kappa shape index (κ3) is 3.94. The molecule has 0 aliphatic heterocycles. The summed E-state index contributed by atoms with van der Waals surface area (Å²) in [6.45, 7) is 3.32. The number of thiophene rings is 1. The van der Waals surface area contributed by atoms with Gasteiger partial charge in [0.15, 0.2) is 0 Å². The number of hydrogen-bond donors (Lipinski definition) is 2. The first-order valence-corrected chi connectivity index (χ1v) is 7.76. The van der Waals surface area contributed by atoms with Crippen LogP contribution in [0.25, 0.3) is 0 Å². The number of nitrogens with one attached hydrogen (secondary N) is 2. The summed E-state index contributed by atoms with van der Waals surface area (Å²) in [5.74, 6) is 0. The molecule has 106 valence electrons. The largest absolute Gasteiger partial charge is 0.385 e. The minimum atomic E-state index is -0.381. The van der Waals surface area contributed by atoms with Crippen molar-refractivity contribution in [3.63, 3.8) is 0 Å². The van der Waals surface area contributed by atoms with Crippen LogP contribution >= 0.6 is 27.3 Å². The normalized spacial score (nSPS) is 10.3. The molecule has 2 aromatic rings. The lowest BCUT2D eigenvalue weighted by Crippen LogP contribution is -2.02. The molecule has 0 fully saturated rings. The summed E-state index contributed by atoms with van der Waals surface area (Å²) in [7, 11) is 0. The molecule has 0 aliphatic rings. The number of benzene rings is 1. The lowest BCUT2D eigenvalue weighted by molar-refractivity contribution is -0.384. The van der Waals surface area contributed by atoms with E-state index in [2.05, 4.69) is 26.6 Å². The van der Waals surface area contributed by atoms with Crippen molar-refractivity contribution in [3.05, 3.63) is 49.1 Å². The molecule has 0 saturated heterocycles. The van der Waals surface area contributed by atoms with Gasteiger partial charge in [-0.3, -0.25) is 10.1 Å². The Balaban J connectivity index is 2.15. The highest BCUT2D eigenvalue weighted by Gasteiger charge is 2.09. The van der Waals surface area contributed by atoms with Gasteiger partial charge in [-0.05, 0) is 35.0 Å². The number of halogens is 1. The molecule has 0 aliphatic carbocycles. The number of hydrogen-bond acceptors (Lipinski definition) is 5. The van der Waals surface area contributed by atoms with E-state index in [1.807, 2.05) is 24.4 Å². The summed E-state index contributed by atoms with van der Waals surface area (Å²) in [6.07, 6.45) is 0. The van der Waals surface area contributed by atoms with Crippen molar-refractivity contribution >= 4 is 44.3 Å². The molecule has 20 heavy (non-hydrogen) atoms. The van der Waals surface area contributed by atoms with Gasteiger partial charge in [-0.1, -0.05) is 0 Å². The lowest BCUT2D eigenvalue weighted by atomic mass is 10.2. The van der Waals surface area contributed by atoms with Crippen LogP contribution in [0.5, 0.6) is 0 Å². The second-order valence-corrected chi connectivity index (χ2v) is 6.05. The van der Waals surface area contributed by atoms with E-state index < -0.39 is 0 Å². The van der Waals surface area contributed by atoms with Crippen LogP contribution in [0.15, 0.2) is 34.1 Å². The zero-order chi connectivity index (χ0) is 14.5. The van der Waals surface area contributed by atoms with Gasteiger partial charge in [0, 0.05) is 51.3 Å². The maximum atomic E-state index is 10.9. The Kier molecular flexibility index (Phi) is 4.97. The molecule has 5 nitrogen and oxygen atoms in total. The molecule has 0 saturated carbocycles. The molecule has 0 unspecified atom stereocenters. The second-order valence-electron chi connectivity index (χ2n) is 4.14. The van der Waals surface area contributed by atoms with Gasteiger partial charge in [-0.25, -0.2) is 0 Å². The van der Waals surface area contributed by atoms with Crippen LogP contribution in [0.1, 0.15) is 11.8 Å². The van der Waals surface area contributed by atoms with Crippen molar-refractivity contribution in [2.24, 2.45) is 0 Å². The number of rotatable bonds is 6. The van der Waals surface area contributed by atoms with Gasteiger partial charge in [-0.15, -0.1) is 11.3 Å². The van der Waals surface area contributed by atoms with E-state index in [1.165, 1.54) is 6.07 Å². The first kappa shape index (κ1) is 14.8. The van der Waals surface area contributed by atoms with Crippen molar-refractivity contribution < 1.29 is 4.92 Å². The molecular weight excluding hydrogens is 342 g/mol. The van der Waals surface area contributed by atoms with Gasteiger partial charge in [0.05, 0.1) is 4.92 Å². The Morgan fingerprint density at radius 1 is 1.25 bits per heavy atom. The number of nitro benzene ring substituents is 1. The molecule has 1 aromatic heterocycles. The summed E-state index contributed by atoms with van der Waals surface area (Å²) >= 11 is 5.04. The molecule has 0 radical (unpaired) electrons. The van der Waals surface area contributed by atoms with Crippen LogP contribution < -0.4 is 10.6 Å². The molecule has 0 spiro atoms. The minimum Gasteiger partial charge on any atom is -0.385 e. The predicted octanol–water partition coefficient (Wildman–Crippen LogP) is 4.46. The van der Waals surface area contributed by atoms with Gasteiger partial charge < -0.3 is 10.6 Å². The molecule has 0 atom stereocenters. The van der Waals surface area contributed by atoms with Gasteiger partial charge in [-0.2, -0.15) is 0 Å². The average Bonchev–Trinajstić information content (AvgIpc) is 2.82. The number of non-ortho nitro benzene ring substituents is 1. The summed E-state index contributed by atoms with van der Waals surface area (Å²) in [5.41, 5.74) is 1.56. The fourth-order valence-corrected chi connectivity index (χ4v) is 3.15. The van der Waals surface area contributed by atoms with Crippen LogP contribution in [0.3, 0.4) is 0 Å². The number of nitrogens with zero attached hydrogens (tertiary/aromatic N) is 1. The SMILES string of the molecule is CCNc1cc(NCc2cc(Br)cs2)cc([N+](=O)[O-])c1. The van der Waals surface area contributed by atoms with Gasteiger partial charge in [0.25, 0.3) is 5.69 Å². The molecule has 2 rings (SSSR count). The highest BCUT2D eigenvalue weighted by molar-refractivity contribution is 9.10. The number of anilines is 2. The molecule has 0 amide bonds. The summed E-state index contributed by atoms with van der Waals surface area (Å²) < 4.78 is 1.05. The first-order valence-electron chi connectivity index (χ1n) is 6.08. The Hall–Kier alpha value is -1.60. The third-order valence-corrected chi connectivity index (χ3v) is 4.30. The van der Waals surface area contributed by atoms with Gasteiger partial charge >= 0.3 is 0 Å². The highest BCUT2D eigenvalue weighted by atomic mass is 79.9. The smallest absolute Gasteiger partial charge is 0.273 e. The predicted molar refractivity (Wildman–Crippen MR) is 86.6 cm³/mol. The van der Waals surface area contributed by atoms with Crippen LogP contribution in [0.4, 0.5) is 17.1 Å². The van der Waals surface area contributed by atoms with Crippen molar-refractivity contribution in [1.82, 2.24) is 0 Å². The topological polar surface area (TPSA) is 67.2 Å². The van der Waals surface area contributed by atoms with E-state index in [9.17, 15) is 10.1 Å². The molecule has 7 heteroatoms. The highest BCUT2D eigenvalue weighted by Crippen LogP contribution is 2.26. The van der Waals surface area contributed by atoms with Crippen LogP contribution in [0, 0.1) is 10.1 Å². The zero-order valence-electron chi connectivity index (χ0n) is 10.9. The minimum absolute atomic E-state index is 0.0818. The van der Waals surface area contributed by atoms with Crippen molar-refractivity contribution in [3.8, 4) is 0 Å². The maximum absolute atomic E-state index is 10.9. The molecular formula is C13H14BrN3O2S.